The van der Waals surface area contributed by atoms with Gasteiger partial charge in [0.2, 0.25) is 0 Å². The van der Waals surface area contributed by atoms with Crippen LogP contribution in [0, 0.1) is 0 Å². The van der Waals surface area contributed by atoms with Crippen molar-refractivity contribution in [2.75, 3.05) is 13.2 Å². The minimum Gasteiger partial charge on any atom is -0.507 e. The van der Waals surface area contributed by atoms with E-state index in [1.54, 1.807) is 12.1 Å². The summed E-state index contributed by atoms with van der Waals surface area (Å²) in [5.74, 6) is 0.833. The van der Waals surface area contributed by atoms with Gasteiger partial charge in [-0.3, -0.25) is 0 Å². The lowest BCUT2D eigenvalue weighted by Gasteiger charge is -2.16. The van der Waals surface area contributed by atoms with Gasteiger partial charge in [-0.15, -0.1) is 0 Å². The normalized spacial score (nSPS) is 13.5. The fraction of sp³-hybridized carbons (Fsp3) is 0.471. The number of hydrogen-bond donors (Lipinski definition) is 2. The van der Waals surface area contributed by atoms with Crippen LogP contribution in [-0.2, 0) is 4.74 Å². The number of nitrogens with zero attached hydrogens (tertiary/aromatic N) is 3. The lowest BCUT2D eigenvalue weighted by Crippen LogP contribution is -2.25. The molecule has 0 aliphatic carbocycles. The molecule has 2 rings (SSSR count). The maximum Gasteiger partial charge on any atom is 0.166 e. The van der Waals surface area contributed by atoms with Crippen LogP contribution in [0.4, 0.5) is 0 Å². The number of phenolic OH excluding ortho intramolecular Hbond substituents is 1. The molecule has 1 heterocycles. The summed E-state index contributed by atoms with van der Waals surface area (Å²) < 4.78 is 11.0. The van der Waals surface area contributed by atoms with Gasteiger partial charge in [0.15, 0.2) is 5.82 Å². The van der Waals surface area contributed by atoms with Gasteiger partial charge in [-0.05, 0) is 25.5 Å². The molecule has 130 valence electrons. The number of aliphatic hydroxyl groups excluding tert-OH is 1. The first-order chi connectivity index (χ1) is 11.6. The molecule has 2 atom stereocenters. The summed E-state index contributed by atoms with van der Waals surface area (Å²) >= 11 is 0. The molecule has 2 N–H and O–H groups in total. The Morgan fingerprint density at radius 2 is 1.92 bits per heavy atom. The third-order valence-electron chi connectivity index (χ3n) is 3.41. The molecule has 2 unspecified atom stereocenters. The fourth-order valence-electron chi connectivity index (χ4n) is 2.17. The van der Waals surface area contributed by atoms with E-state index in [-0.39, 0.29) is 25.1 Å². The molecule has 1 aromatic carbocycles. The van der Waals surface area contributed by atoms with Crippen LogP contribution in [0.5, 0.6) is 11.5 Å². The molecule has 0 saturated carbocycles. The van der Waals surface area contributed by atoms with Crippen LogP contribution in [0.3, 0.4) is 0 Å². The number of aliphatic hydroxyl groups is 1. The van der Waals surface area contributed by atoms with Crippen LogP contribution < -0.4 is 4.74 Å². The Morgan fingerprint density at radius 1 is 1.17 bits per heavy atom. The molecule has 0 aliphatic heterocycles. The predicted molar refractivity (Wildman–Crippen MR) is 88.8 cm³/mol. The van der Waals surface area contributed by atoms with Gasteiger partial charge in [0, 0.05) is 6.07 Å². The van der Waals surface area contributed by atoms with Gasteiger partial charge >= 0.3 is 0 Å². The first kappa shape index (κ1) is 18.1. The predicted octanol–water partition coefficient (Wildman–Crippen LogP) is 2.19. The van der Waals surface area contributed by atoms with Crippen molar-refractivity contribution in [3.8, 4) is 22.9 Å². The summed E-state index contributed by atoms with van der Waals surface area (Å²) in [7, 11) is 0. The van der Waals surface area contributed by atoms with Crippen molar-refractivity contribution in [2.45, 2.75) is 38.9 Å². The second kappa shape index (κ2) is 9.14. The first-order valence-electron chi connectivity index (χ1n) is 7.98. The third kappa shape index (κ3) is 5.43. The van der Waals surface area contributed by atoms with Crippen LogP contribution in [0.1, 0.15) is 26.7 Å². The van der Waals surface area contributed by atoms with E-state index in [1.807, 2.05) is 6.92 Å². The number of aromatic nitrogens is 3. The van der Waals surface area contributed by atoms with Gasteiger partial charge in [0.25, 0.3) is 0 Å². The molecule has 0 aliphatic rings. The van der Waals surface area contributed by atoms with Crippen molar-refractivity contribution < 1.29 is 19.7 Å². The van der Waals surface area contributed by atoms with E-state index in [1.165, 1.54) is 18.7 Å². The van der Waals surface area contributed by atoms with Crippen molar-refractivity contribution in [3.05, 3.63) is 30.9 Å². The zero-order chi connectivity index (χ0) is 17.4. The largest absolute Gasteiger partial charge is 0.507 e. The lowest BCUT2D eigenvalue weighted by molar-refractivity contribution is -0.0209. The molecule has 2 aromatic rings. The summed E-state index contributed by atoms with van der Waals surface area (Å²) in [4.78, 5) is 11.7. The summed E-state index contributed by atoms with van der Waals surface area (Å²) in [6.07, 6.45) is 4.12. The number of ether oxygens (including phenoxy) is 2. The van der Waals surface area contributed by atoms with E-state index in [4.69, 9.17) is 9.47 Å². The van der Waals surface area contributed by atoms with Gasteiger partial charge < -0.3 is 19.7 Å². The van der Waals surface area contributed by atoms with Crippen molar-refractivity contribution in [3.63, 3.8) is 0 Å². The highest BCUT2D eigenvalue weighted by Crippen LogP contribution is 2.29. The molecule has 7 nitrogen and oxygen atoms in total. The zero-order valence-electron chi connectivity index (χ0n) is 13.9. The molecule has 0 saturated heterocycles. The Kier molecular flexibility index (Phi) is 6.89. The molecule has 0 amide bonds. The molecule has 0 spiro atoms. The monoisotopic (exact) mass is 333 g/mol. The van der Waals surface area contributed by atoms with Crippen molar-refractivity contribution >= 4 is 0 Å². The van der Waals surface area contributed by atoms with Gasteiger partial charge in [0.05, 0.1) is 18.3 Å². The second-order valence-electron chi connectivity index (χ2n) is 5.54. The molecule has 24 heavy (non-hydrogen) atoms. The number of hydrogen-bond acceptors (Lipinski definition) is 7. The number of phenols is 1. The van der Waals surface area contributed by atoms with Gasteiger partial charge in [0.1, 0.15) is 36.9 Å². The second-order valence-corrected chi connectivity index (χ2v) is 5.54. The Labute approximate surface area is 141 Å². The van der Waals surface area contributed by atoms with E-state index in [0.717, 1.165) is 12.8 Å². The number of benzene rings is 1. The topological polar surface area (TPSA) is 97.6 Å². The molecular weight excluding hydrogens is 310 g/mol. The van der Waals surface area contributed by atoms with Crippen LogP contribution in [0.2, 0.25) is 0 Å². The van der Waals surface area contributed by atoms with Gasteiger partial charge in [-0.2, -0.15) is 0 Å². The Hall–Kier alpha value is -2.25. The summed E-state index contributed by atoms with van der Waals surface area (Å²) in [6.45, 7) is 4.38. The van der Waals surface area contributed by atoms with Crippen molar-refractivity contribution in [2.24, 2.45) is 0 Å². The minimum absolute atomic E-state index is 0.000933. The maximum absolute atomic E-state index is 10.1. The maximum atomic E-state index is 10.1. The molecule has 7 heteroatoms. The van der Waals surface area contributed by atoms with E-state index >= 15 is 0 Å². The SMILES string of the molecule is CCCC(C)OCC(O)COc1ccc(-c2ncncn2)c(O)c1. The lowest BCUT2D eigenvalue weighted by atomic mass is 10.2. The van der Waals surface area contributed by atoms with Gasteiger partial charge in [-0.1, -0.05) is 13.3 Å². The van der Waals surface area contributed by atoms with Crippen molar-refractivity contribution in [1.82, 2.24) is 15.0 Å². The molecular formula is C17H23N3O4. The van der Waals surface area contributed by atoms with Crippen LogP contribution in [0.25, 0.3) is 11.4 Å². The number of aromatic hydroxyl groups is 1. The first-order valence-corrected chi connectivity index (χ1v) is 7.98. The Bertz CT molecular complexity index is 624. The fourth-order valence-corrected chi connectivity index (χ4v) is 2.17. The zero-order valence-corrected chi connectivity index (χ0v) is 13.9. The average molecular weight is 333 g/mol. The van der Waals surface area contributed by atoms with Crippen LogP contribution in [-0.4, -0.2) is 50.6 Å². The highest BCUT2D eigenvalue weighted by molar-refractivity contribution is 5.64. The summed E-state index contributed by atoms with van der Waals surface area (Å²) in [5, 5.41) is 20.0. The average Bonchev–Trinajstić information content (AvgIpc) is 2.59. The van der Waals surface area contributed by atoms with E-state index < -0.39 is 6.10 Å². The van der Waals surface area contributed by atoms with E-state index in [2.05, 4.69) is 21.9 Å². The third-order valence-corrected chi connectivity index (χ3v) is 3.41. The standard InChI is InChI=1S/C17H23N3O4/c1-3-4-12(2)23-8-13(21)9-24-14-5-6-15(16(22)7-14)17-19-10-18-11-20-17/h5-7,10-13,21-22H,3-4,8-9H2,1-2H3. The Morgan fingerprint density at radius 3 is 2.58 bits per heavy atom. The van der Waals surface area contributed by atoms with E-state index in [9.17, 15) is 10.2 Å². The molecule has 0 bridgehead atoms. The molecule has 1 aromatic heterocycles. The highest BCUT2D eigenvalue weighted by Gasteiger charge is 2.11. The van der Waals surface area contributed by atoms with E-state index in [0.29, 0.717) is 17.1 Å². The minimum atomic E-state index is -0.727. The molecule has 0 fully saturated rings. The van der Waals surface area contributed by atoms with Gasteiger partial charge in [-0.25, -0.2) is 15.0 Å². The highest BCUT2D eigenvalue weighted by atomic mass is 16.5. The number of rotatable bonds is 9. The van der Waals surface area contributed by atoms with Crippen molar-refractivity contribution in [1.29, 1.82) is 0 Å². The summed E-state index contributed by atoms with van der Waals surface area (Å²) in [6, 6.07) is 4.81. The molecule has 0 radical (unpaired) electrons. The smallest absolute Gasteiger partial charge is 0.166 e. The van der Waals surface area contributed by atoms with Crippen LogP contribution in [0.15, 0.2) is 30.9 Å². The Balaban J connectivity index is 1.86. The van der Waals surface area contributed by atoms with Crippen LogP contribution >= 0.6 is 0 Å². The summed E-state index contributed by atoms with van der Waals surface area (Å²) in [5.41, 5.74) is 0.488. The quantitative estimate of drug-likeness (QED) is 0.726.